The number of benzene rings is 1. The van der Waals surface area contributed by atoms with Crippen LogP contribution in [-0.4, -0.2) is 35.4 Å². The van der Waals surface area contributed by atoms with Gasteiger partial charge in [0.1, 0.15) is 0 Å². The minimum Gasteiger partial charge on any atom is -0.338 e. The third-order valence-corrected chi connectivity index (χ3v) is 4.59. The summed E-state index contributed by atoms with van der Waals surface area (Å²) in [5.74, 6) is 0.230. The fourth-order valence-electron chi connectivity index (χ4n) is 3.35. The summed E-state index contributed by atoms with van der Waals surface area (Å²) in [4.78, 5) is 24.8. The summed E-state index contributed by atoms with van der Waals surface area (Å²) in [6.45, 7) is 3.09. The van der Waals surface area contributed by atoms with Gasteiger partial charge in [-0.1, -0.05) is 12.1 Å². The molecular formula is C15H19N3O3. The van der Waals surface area contributed by atoms with Crippen LogP contribution in [0.2, 0.25) is 0 Å². The van der Waals surface area contributed by atoms with Crippen LogP contribution in [0, 0.1) is 15.5 Å². The molecule has 1 amide bonds. The first kappa shape index (κ1) is 14.0. The number of nitrogens with one attached hydrogen (secondary N) is 1. The number of piperidine rings is 1. The van der Waals surface area contributed by atoms with Crippen molar-refractivity contribution in [1.82, 2.24) is 10.2 Å². The summed E-state index contributed by atoms with van der Waals surface area (Å²) in [6, 6.07) is 6.45. The Hall–Kier alpha value is -1.95. The zero-order chi connectivity index (χ0) is 14.9. The maximum atomic E-state index is 12.6. The van der Waals surface area contributed by atoms with Gasteiger partial charge in [-0.2, -0.15) is 0 Å². The molecule has 3 rings (SSSR count). The second kappa shape index (κ2) is 5.44. The van der Waals surface area contributed by atoms with Gasteiger partial charge < -0.3 is 10.2 Å². The van der Waals surface area contributed by atoms with E-state index in [4.69, 9.17) is 0 Å². The van der Waals surface area contributed by atoms with Gasteiger partial charge in [-0.25, -0.2) is 0 Å². The van der Waals surface area contributed by atoms with Crippen molar-refractivity contribution in [2.45, 2.75) is 25.8 Å². The van der Waals surface area contributed by atoms with Crippen molar-refractivity contribution in [2.24, 2.45) is 5.41 Å². The first-order valence-electron chi connectivity index (χ1n) is 7.34. The molecule has 0 aliphatic carbocycles. The minimum atomic E-state index is -0.409. The van der Waals surface area contributed by atoms with E-state index in [1.807, 2.05) is 4.90 Å². The summed E-state index contributed by atoms with van der Waals surface area (Å²) in [7, 11) is 0. The van der Waals surface area contributed by atoms with E-state index in [0.29, 0.717) is 6.54 Å². The molecule has 6 heteroatoms. The number of hydrogen-bond acceptors (Lipinski definition) is 4. The van der Waals surface area contributed by atoms with E-state index < -0.39 is 4.92 Å². The smallest absolute Gasteiger partial charge is 0.269 e. The Morgan fingerprint density at radius 1 is 1.29 bits per heavy atom. The number of amides is 1. The van der Waals surface area contributed by atoms with Crippen LogP contribution in [-0.2, 0) is 11.3 Å². The standard InChI is InChI=1S/C15H19N3O3/c19-14-15(6-1-8-16-11-15)7-9-17(14)10-12-2-4-13(5-3-12)18(20)21/h2-5,16H,1,6-11H2. The predicted octanol–water partition coefficient (Wildman–Crippen LogP) is 1.70. The van der Waals surface area contributed by atoms with E-state index in [2.05, 4.69) is 5.32 Å². The van der Waals surface area contributed by atoms with Gasteiger partial charge in [0.05, 0.1) is 10.3 Å². The molecule has 1 atom stereocenters. The number of nitrogens with zero attached hydrogens (tertiary/aromatic N) is 2. The number of nitro groups is 1. The molecule has 0 saturated carbocycles. The normalized spacial score (nSPS) is 25.5. The van der Waals surface area contributed by atoms with Gasteiger partial charge in [0.2, 0.25) is 5.91 Å². The molecule has 2 aliphatic rings. The molecular weight excluding hydrogens is 270 g/mol. The molecule has 1 aromatic carbocycles. The lowest BCUT2D eigenvalue weighted by Crippen LogP contribution is -2.45. The lowest BCUT2D eigenvalue weighted by Gasteiger charge is -2.32. The maximum absolute atomic E-state index is 12.6. The number of likely N-dealkylation sites (tertiary alicyclic amines) is 1. The second-order valence-corrected chi connectivity index (χ2v) is 5.96. The van der Waals surface area contributed by atoms with Gasteiger partial charge in [0, 0.05) is 31.8 Å². The van der Waals surface area contributed by atoms with Gasteiger partial charge in [0.15, 0.2) is 0 Å². The minimum absolute atomic E-state index is 0.0828. The van der Waals surface area contributed by atoms with Gasteiger partial charge in [-0.3, -0.25) is 14.9 Å². The lowest BCUT2D eigenvalue weighted by atomic mass is 9.79. The highest BCUT2D eigenvalue weighted by molar-refractivity contribution is 5.85. The van der Waals surface area contributed by atoms with Crippen LogP contribution < -0.4 is 5.32 Å². The first-order chi connectivity index (χ1) is 10.1. The third kappa shape index (κ3) is 2.63. The molecule has 0 aromatic heterocycles. The van der Waals surface area contributed by atoms with Crippen LogP contribution >= 0.6 is 0 Å². The largest absolute Gasteiger partial charge is 0.338 e. The molecule has 1 spiro atoms. The highest BCUT2D eigenvalue weighted by Crippen LogP contribution is 2.38. The average Bonchev–Trinajstić information content (AvgIpc) is 2.78. The molecule has 2 fully saturated rings. The Labute approximate surface area is 123 Å². The summed E-state index contributed by atoms with van der Waals surface area (Å²) in [5, 5.41) is 14.0. The van der Waals surface area contributed by atoms with Crippen molar-refractivity contribution >= 4 is 11.6 Å². The van der Waals surface area contributed by atoms with E-state index in [-0.39, 0.29) is 17.0 Å². The Bertz CT molecular complexity index is 550. The van der Waals surface area contributed by atoms with Crippen molar-refractivity contribution in [2.75, 3.05) is 19.6 Å². The SMILES string of the molecule is O=C1N(Cc2ccc([N+](=O)[O-])cc2)CCC12CCCNC2. The second-order valence-electron chi connectivity index (χ2n) is 5.96. The van der Waals surface area contributed by atoms with Crippen molar-refractivity contribution in [1.29, 1.82) is 0 Å². The van der Waals surface area contributed by atoms with Crippen molar-refractivity contribution < 1.29 is 9.72 Å². The predicted molar refractivity (Wildman–Crippen MR) is 77.7 cm³/mol. The summed E-state index contributed by atoms with van der Waals surface area (Å²) in [6.07, 6.45) is 2.93. The first-order valence-corrected chi connectivity index (χ1v) is 7.34. The van der Waals surface area contributed by atoms with Crippen LogP contribution in [0.15, 0.2) is 24.3 Å². The number of nitro benzene ring substituents is 1. The Morgan fingerprint density at radius 2 is 2.05 bits per heavy atom. The third-order valence-electron chi connectivity index (χ3n) is 4.59. The quantitative estimate of drug-likeness (QED) is 0.679. The van der Waals surface area contributed by atoms with Gasteiger partial charge in [-0.15, -0.1) is 0 Å². The fourth-order valence-corrected chi connectivity index (χ4v) is 3.35. The molecule has 6 nitrogen and oxygen atoms in total. The van der Waals surface area contributed by atoms with Gasteiger partial charge in [0.25, 0.3) is 5.69 Å². The Balaban J connectivity index is 1.68. The Morgan fingerprint density at radius 3 is 2.67 bits per heavy atom. The number of carbonyl (C=O) groups excluding carboxylic acids is 1. The summed E-state index contributed by atoms with van der Waals surface area (Å²) < 4.78 is 0. The van der Waals surface area contributed by atoms with E-state index in [9.17, 15) is 14.9 Å². The number of rotatable bonds is 3. The molecule has 21 heavy (non-hydrogen) atoms. The summed E-state index contributed by atoms with van der Waals surface area (Å²) >= 11 is 0. The molecule has 2 heterocycles. The topological polar surface area (TPSA) is 75.5 Å². The molecule has 0 bridgehead atoms. The zero-order valence-corrected chi connectivity index (χ0v) is 11.9. The highest BCUT2D eigenvalue weighted by atomic mass is 16.6. The zero-order valence-electron chi connectivity index (χ0n) is 11.9. The molecule has 1 unspecified atom stereocenters. The van der Waals surface area contributed by atoms with Crippen LogP contribution in [0.4, 0.5) is 5.69 Å². The van der Waals surface area contributed by atoms with E-state index in [1.54, 1.807) is 12.1 Å². The van der Waals surface area contributed by atoms with Crippen LogP contribution in [0.5, 0.6) is 0 Å². The van der Waals surface area contributed by atoms with E-state index >= 15 is 0 Å². The van der Waals surface area contributed by atoms with Crippen molar-refractivity contribution in [3.8, 4) is 0 Å². The summed E-state index contributed by atoms with van der Waals surface area (Å²) in [5.41, 5.74) is 0.813. The lowest BCUT2D eigenvalue weighted by molar-refractivity contribution is -0.384. The van der Waals surface area contributed by atoms with Crippen LogP contribution in [0.3, 0.4) is 0 Å². The van der Waals surface area contributed by atoms with E-state index in [0.717, 1.165) is 44.5 Å². The maximum Gasteiger partial charge on any atom is 0.269 e. The number of carbonyl (C=O) groups is 1. The monoisotopic (exact) mass is 289 g/mol. The van der Waals surface area contributed by atoms with E-state index in [1.165, 1.54) is 12.1 Å². The molecule has 2 aliphatic heterocycles. The average molecular weight is 289 g/mol. The van der Waals surface area contributed by atoms with Gasteiger partial charge in [-0.05, 0) is 31.4 Å². The number of hydrogen-bond donors (Lipinski definition) is 1. The highest BCUT2D eigenvalue weighted by Gasteiger charge is 2.46. The fraction of sp³-hybridized carbons (Fsp3) is 0.533. The molecule has 112 valence electrons. The molecule has 0 radical (unpaired) electrons. The molecule has 1 aromatic rings. The van der Waals surface area contributed by atoms with Crippen LogP contribution in [0.25, 0.3) is 0 Å². The van der Waals surface area contributed by atoms with Crippen molar-refractivity contribution in [3.63, 3.8) is 0 Å². The van der Waals surface area contributed by atoms with Gasteiger partial charge >= 0.3 is 0 Å². The molecule has 1 N–H and O–H groups in total. The Kier molecular flexibility index (Phi) is 3.63. The number of non-ortho nitro benzene ring substituents is 1. The van der Waals surface area contributed by atoms with Crippen LogP contribution in [0.1, 0.15) is 24.8 Å². The molecule has 2 saturated heterocycles. The van der Waals surface area contributed by atoms with Crippen molar-refractivity contribution in [3.05, 3.63) is 39.9 Å².